The highest BCUT2D eigenvalue weighted by atomic mass is 32.2. The lowest BCUT2D eigenvalue weighted by atomic mass is 10.1. The third-order valence-electron chi connectivity index (χ3n) is 3.73. The molecule has 0 heterocycles. The van der Waals surface area contributed by atoms with Crippen LogP contribution in [0, 0.1) is 0 Å². The third-order valence-corrected chi connectivity index (χ3v) is 4.35. The van der Waals surface area contributed by atoms with E-state index in [1.165, 1.54) is 0 Å². The van der Waals surface area contributed by atoms with E-state index in [2.05, 4.69) is 29.8 Å². The first-order chi connectivity index (χ1) is 13.7. The first-order valence-corrected chi connectivity index (χ1v) is 8.97. The van der Waals surface area contributed by atoms with Crippen molar-refractivity contribution in [2.24, 2.45) is 20.5 Å². The van der Waals surface area contributed by atoms with Crippen LogP contribution in [0.25, 0.3) is 10.8 Å². The number of nitrogen functional groups attached to an aromatic ring is 1. The van der Waals surface area contributed by atoms with Crippen LogP contribution in [0.15, 0.2) is 73.9 Å². The molecule has 0 aliphatic carbocycles. The molecule has 10 heteroatoms. The van der Waals surface area contributed by atoms with Crippen molar-refractivity contribution >= 4 is 45.6 Å². The number of hydrogen-bond donors (Lipinski definition) is 3. The van der Waals surface area contributed by atoms with Crippen molar-refractivity contribution in [3.05, 3.63) is 48.5 Å². The van der Waals surface area contributed by atoms with Crippen molar-refractivity contribution in [2.45, 2.75) is 11.8 Å². The predicted molar refractivity (Wildman–Crippen MR) is 106 cm³/mol. The molecule has 0 bridgehead atoms. The molecule has 0 radical (unpaired) electrons. The standard InChI is InChI=1S/C18H17N5O4S/c1-2-20-23-17-14(28-27-26-25)10-11-8-9-13(18(24)15(11)16(17)19)22-21-12-6-4-3-5-7-12/h3-10,24-25H,2,19H2,1H3. The fraction of sp³-hybridized carbons (Fsp3) is 0.111. The Kier molecular flexibility index (Phi) is 6.50. The molecule has 0 aliphatic rings. The van der Waals surface area contributed by atoms with Crippen molar-refractivity contribution in [2.75, 3.05) is 12.3 Å². The van der Waals surface area contributed by atoms with Gasteiger partial charge >= 0.3 is 0 Å². The molecule has 9 nitrogen and oxygen atoms in total. The van der Waals surface area contributed by atoms with Gasteiger partial charge < -0.3 is 10.8 Å². The third kappa shape index (κ3) is 4.26. The van der Waals surface area contributed by atoms with Gasteiger partial charge in [0.2, 0.25) is 0 Å². The number of azo groups is 2. The minimum absolute atomic E-state index is 0.126. The summed E-state index contributed by atoms with van der Waals surface area (Å²) in [6.45, 7) is 2.26. The number of benzene rings is 3. The summed E-state index contributed by atoms with van der Waals surface area (Å²) in [5, 5.41) is 40.0. The van der Waals surface area contributed by atoms with Gasteiger partial charge in [-0.1, -0.05) is 29.3 Å². The zero-order valence-electron chi connectivity index (χ0n) is 14.8. The highest BCUT2D eigenvalue weighted by Crippen LogP contribution is 2.46. The molecule has 0 atom stereocenters. The smallest absolute Gasteiger partial charge is 0.153 e. The second-order valence-corrected chi connectivity index (χ2v) is 6.23. The van der Waals surface area contributed by atoms with Crippen LogP contribution in [-0.4, -0.2) is 16.9 Å². The highest BCUT2D eigenvalue weighted by molar-refractivity contribution is 7.94. The van der Waals surface area contributed by atoms with Crippen LogP contribution in [0.4, 0.5) is 22.7 Å². The van der Waals surface area contributed by atoms with Crippen LogP contribution in [0.2, 0.25) is 0 Å². The summed E-state index contributed by atoms with van der Waals surface area (Å²) in [5.41, 5.74) is 7.63. The maximum atomic E-state index is 10.7. The van der Waals surface area contributed by atoms with Gasteiger partial charge in [0.25, 0.3) is 0 Å². The monoisotopic (exact) mass is 399 g/mol. The number of fused-ring (bicyclic) bond motifs is 1. The van der Waals surface area contributed by atoms with E-state index < -0.39 is 0 Å². The second-order valence-electron chi connectivity index (χ2n) is 5.49. The Labute approximate surface area is 164 Å². The molecule has 28 heavy (non-hydrogen) atoms. The SMILES string of the molecule is CCN=Nc1c(SOOO)cc2ccc(N=Nc3ccccc3)c(O)c2c1N. The molecule has 0 aromatic heterocycles. The van der Waals surface area contributed by atoms with Gasteiger partial charge in [-0.05, 0) is 36.6 Å². The van der Waals surface area contributed by atoms with Crippen LogP contribution in [0.1, 0.15) is 6.92 Å². The van der Waals surface area contributed by atoms with Crippen LogP contribution >= 0.6 is 12.0 Å². The first kappa shape index (κ1) is 19.7. The number of phenols is 1. The van der Waals surface area contributed by atoms with Crippen LogP contribution in [0.5, 0.6) is 5.75 Å². The van der Waals surface area contributed by atoms with Crippen molar-refractivity contribution in [1.82, 2.24) is 0 Å². The average molecular weight is 399 g/mol. The van der Waals surface area contributed by atoms with Crippen molar-refractivity contribution < 1.29 is 19.7 Å². The fourth-order valence-electron chi connectivity index (χ4n) is 2.51. The largest absolute Gasteiger partial charge is 0.505 e. The number of nitrogens with zero attached hydrogens (tertiary/aromatic N) is 4. The Hall–Kier alpha value is -3.05. The van der Waals surface area contributed by atoms with Gasteiger partial charge in [0.15, 0.2) is 5.75 Å². The summed E-state index contributed by atoms with van der Waals surface area (Å²) in [4.78, 5) is 0.453. The van der Waals surface area contributed by atoms with Gasteiger partial charge in [0, 0.05) is 0 Å². The lowest BCUT2D eigenvalue weighted by Gasteiger charge is -2.12. The average Bonchev–Trinajstić information content (AvgIpc) is 2.71. The second kappa shape index (κ2) is 9.24. The van der Waals surface area contributed by atoms with Gasteiger partial charge in [-0.2, -0.15) is 15.3 Å². The molecule has 3 aromatic carbocycles. The molecular weight excluding hydrogens is 382 g/mol. The van der Waals surface area contributed by atoms with E-state index >= 15 is 0 Å². The van der Waals surface area contributed by atoms with E-state index in [4.69, 9.17) is 11.0 Å². The molecule has 0 unspecified atom stereocenters. The van der Waals surface area contributed by atoms with Crippen molar-refractivity contribution in [1.29, 1.82) is 0 Å². The predicted octanol–water partition coefficient (Wildman–Crippen LogP) is 6.07. The number of phenolic OH excluding ortho intramolecular Hbond substituents is 1. The molecule has 4 N–H and O–H groups in total. The lowest BCUT2D eigenvalue weighted by Crippen LogP contribution is -1.92. The number of anilines is 1. The molecule has 3 rings (SSSR count). The summed E-state index contributed by atoms with van der Waals surface area (Å²) < 4.78 is 4.50. The minimum atomic E-state index is -0.126. The topological polar surface area (TPSA) is 134 Å². The van der Waals surface area contributed by atoms with Crippen LogP contribution in [0.3, 0.4) is 0 Å². The molecule has 0 fully saturated rings. The Morgan fingerprint density at radius 2 is 1.86 bits per heavy atom. The molecule has 0 spiro atoms. The minimum Gasteiger partial charge on any atom is -0.505 e. The van der Waals surface area contributed by atoms with Gasteiger partial charge in [-0.15, -0.1) is 9.45 Å². The van der Waals surface area contributed by atoms with Crippen LogP contribution in [-0.2, 0) is 9.37 Å². The summed E-state index contributed by atoms with van der Waals surface area (Å²) in [6.07, 6.45) is 0. The molecule has 0 saturated heterocycles. The number of hydrogen-bond acceptors (Lipinski definition) is 10. The molecule has 0 aliphatic heterocycles. The Morgan fingerprint density at radius 3 is 2.57 bits per heavy atom. The lowest BCUT2D eigenvalue weighted by molar-refractivity contribution is -0.432. The van der Waals surface area contributed by atoms with E-state index in [9.17, 15) is 5.11 Å². The fourth-order valence-corrected chi connectivity index (χ4v) is 3.02. The van der Waals surface area contributed by atoms with E-state index in [0.717, 1.165) is 0 Å². The first-order valence-electron chi connectivity index (χ1n) is 8.23. The zero-order valence-corrected chi connectivity index (χ0v) is 15.6. The summed E-state index contributed by atoms with van der Waals surface area (Å²) >= 11 is 0.715. The molecular formula is C18H17N5O4S. The van der Waals surface area contributed by atoms with Gasteiger partial charge in [-0.3, -0.25) is 0 Å². The van der Waals surface area contributed by atoms with Crippen molar-refractivity contribution in [3.8, 4) is 5.75 Å². The number of nitrogens with two attached hydrogens (primary N) is 1. The maximum absolute atomic E-state index is 10.7. The van der Waals surface area contributed by atoms with Gasteiger partial charge in [-0.25, -0.2) is 5.26 Å². The van der Waals surface area contributed by atoms with Gasteiger partial charge in [0.1, 0.15) is 11.4 Å². The van der Waals surface area contributed by atoms with E-state index in [0.29, 0.717) is 39.9 Å². The summed E-state index contributed by atoms with van der Waals surface area (Å²) in [5.74, 6) is -0.126. The normalized spacial score (nSPS) is 11.8. The van der Waals surface area contributed by atoms with Gasteiger partial charge in [0.05, 0.1) is 40.2 Å². The van der Waals surface area contributed by atoms with E-state index in [-0.39, 0.29) is 22.8 Å². The maximum Gasteiger partial charge on any atom is 0.153 e. The highest BCUT2D eigenvalue weighted by Gasteiger charge is 2.17. The van der Waals surface area contributed by atoms with E-state index in [1.807, 2.05) is 25.1 Å². The quantitative estimate of drug-likeness (QED) is 0.145. The summed E-state index contributed by atoms with van der Waals surface area (Å²) in [7, 11) is 0. The molecule has 144 valence electrons. The zero-order chi connectivity index (χ0) is 19.9. The number of aromatic hydroxyl groups is 1. The Morgan fingerprint density at radius 1 is 1.07 bits per heavy atom. The molecule has 0 saturated carbocycles. The Bertz CT molecular complexity index is 1030. The number of rotatable bonds is 7. The van der Waals surface area contributed by atoms with Crippen molar-refractivity contribution in [3.63, 3.8) is 0 Å². The van der Waals surface area contributed by atoms with E-state index in [1.54, 1.807) is 30.3 Å². The molecule has 3 aromatic rings. The summed E-state index contributed by atoms with van der Waals surface area (Å²) in [6, 6.07) is 14.2. The Balaban J connectivity index is 2.11. The van der Waals surface area contributed by atoms with Crippen LogP contribution < -0.4 is 5.73 Å². The molecule has 0 amide bonds.